The van der Waals surface area contributed by atoms with Crippen molar-refractivity contribution in [3.63, 3.8) is 0 Å². The minimum Gasteiger partial charge on any atom is -0.466 e. The summed E-state index contributed by atoms with van der Waals surface area (Å²) in [5.74, 6) is -1.34. The first kappa shape index (κ1) is 18.8. The molecule has 0 aliphatic rings. The van der Waals surface area contributed by atoms with Crippen molar-refractivity contribution < 1.29 is 19.1 Å². The van der Waals surface area contributed by atoms with E-state index in [2.05, 4.69) is 19.7 Å². The summed E-state index contributed by atoms with van der Waals surface area (Å²) in [4.78, 5) is 25.2. The Kier molecular flexibility index (Phi) is 7.41. The van der Waals surface area contributed by atoms with E-state index in [1.165, 1.54) is 14.2 Å². The second-order valence-electron chi connectivity index (χ2n) is 4.54. The summed E-state index contributed by atoms with van der Waals surface area (Å²) in [6.07, 6.45) is 1.03. The Balaban J connectivity index is 3.06. The molecule has 0 aliphatic heterocycles. The number of benzene rings is 1. The third-order valence-electron chi connectivity index (χ3n) is 3.20. The van der Waals surface area contributed by atoms with Gasteiger partial charge in [-0.1, -0.05) is 11.6 Å². The van der Waals surface area contributed by atoms with Crippen molar-refractivity contribution in [2.24, 2.45) is 0 Å². The maximum absolute atomic E-state index is 11.7. The zero-order valence-electron chi connectivity index (χ0n) is 13.7. The van der Waals surface area contributed by atoms with Gasteiger partial charge < -0.3 is 19.7 Å². The summed E-state index contributed by atoms with van der Waals surface area (Å²) in [6.45, 7) is 5.75. The molecule has 0 saturated carbocycles. The number of hydrogen-bond acceptors (Lipinski definition) is 6. The van der Waals surface area contributed by atoms with Crippen molar-refractivity contribution in [3.05, 3.63) is 35.0 Å². The number of carbonyl (C=O) groups excluding carboxylic acids is 2. The van der Waals surface area contributed by atoms with Crippen LogP contribution in [0.5, 0.6) is 0 Å². The summed E-state index contributed by atoms with van der Waals surface area (Å²) >= 11 is 6.30. The van der Waals surface area contributed by atoms with Gasteiger partial charge in [-0.25, -0.2) is 9.59 Å². The highest BCUT2D eigenvalue weighted by atomic mass is 35.5. The van der Waals surface area contributed by atoms with Crippen LogP contribution in [0.25, 0.3) is 0 Å². The summed E-state index contributed by atoms with van der Waals surface area (Å²) in [6, 6.07) is 5.31. The molecule has 0 fully saturated rings. The molecule has 0 atom stereocenters. The predicted molar refractivity (Wildman–Crippen MR) is 90.8 cm³/mol. The summed E-state index contributed by atoms with van der Waals surface area (Å²) in [5, 5.41) is 3.36. The lowest BCUT2D eigenvalue weighted by Crippen LogP contribution is -2.22. The Morgan fingerprint density at radius 1 is 1.22 bits per heavy atom. The van der Waals surface area contributed by atoms with Crippen molar-refractivity contribution in [2.75, 3.05) is 37.5 Å². The van der Waals surface area contributed by atoms with Gasteiger partial charge in [0.1, 0.15) is 5.70 Å². The van der Waals surface area contributed by atoms with Crippen molar-refractivity contribution in [3.8, 4) is 0 Å². The van der Waals surface area contributed by atoms with Gasteiger partial charge in [0.15, 0.2) is 0 Å². The van der Waals surface area contributed by atoms with Crippen molar-refractivity contribution in [1.82, 2.24) is 0 Å². The van der Waals surface area contributed by atoms with E-state index in [0.717, 1.165) is 24.9 Å². The first-order valence-corrected chi connectivity index (χ1v) is 7.54. The Morgan fingerprint density at radius 2 is 1.87 bits per heavy atom. The summed E-state index contributed by atoms with van der Waals surface area (Å²) in [7, 11) is 2.45. The Morgan fingerprint density at radius 3 is 2.35 bits per heavy atom. The number of esters is 2. The smallest absolute Gasteiger partial charge is 0.354 e. The Labute approximate surface area is 141 Å². The third-order valence-corrected chi connectivity index (χ3v) is 3.50. The van der Waals surface area contributed by atoms with Crippen molar-refractivity contribution >= 4 is 34.9 Å². The molecular weight excluding hydrogens is 320 g/mol. The van der Waals surface area contributed by atoms with Gasteiger partial charge in [0, 0.05) is 18.8 Å². The number of anilines is 2. The zero-order valence-corrected chi connectivity index (χ0v) is 14.4. The fourth-order valence-electron chi connectivity index (χ4n) is 1.99. The van der Waals surface area contributed by atoms with Gasteiger partial charge in [0.25, 0.3) is 0 Å². The summed E-state index contributed by atoms with van der Waals surface area (Å²) < 4.78 is 9.16. The lowest BCUT2D eigenvalue weighted by atomic mass is 10.2. The zero-order chi connectivity index (χ0) is 17.4. The number of nitrogens with zero attached hydrogens (tertiary/aromatic N) is 1. The van der Waals surface area contributed by atoms with E-state index in [0.29, 0.717) is 10.7 Å². The highest BCUT2D eigenvalue weighted by molar-refractivity contribution is 6.33. The molecule has 0 amide bonds. The predicted octanol–water partition coefficient (Wildman–Crippen LogP) is 2.83. The standard InChI is InChI=1S/C16H21ClN2O4/c1-5-19(6-2)14-8-7-11(9-12(14)17)18-13(16(21)23-4)10-15(20)22-3/h7-10,18H,5-6H2,1-4H3/b13-10+. The SMILES string of the molecule is CCN(CC)c1ccc(N/C(=C/C(=O)OC)C(=O)OC)cc1Cl. The Hall–Kier alpha value is -2.21. The quantitative estimate of drug-likeness (QED) is 0.608. The van der Waals surface area contributed by atoms with Crippen LogP contribution >= 0.6 is 11.6 Å². The fraction of sp³-hybridized carbons (Fsp3) is 0.375. The maximum Gasteiger partial charge on any atom is 0.354 e. The molecule has 0 aliphatic carbocycles. The highest BCUT2D eigenvalue weighted by Crippen LogP contribution is 2.29. The molecule has 0 heterocycles. The van der Waals surface area contributed by atoms with E-state index in [-0.39, 0.29) is 5.70 Å². The molecule has 0 radical (unpaired) electrons. The van der Waals surface area contributed by atoms with Crippen LogP contribution in [0.15, 0.2) is 30.0 Å². The van der Waals surface area contributed by atoms with Crippen LogP contribution in [0.4, 0.5) is 11.4 Å². The first-order chi connectivity index (χ1) is 11.0. The second kappa shape index (κ2) is 9.05. The van der Waals surface area contributed by atoms with E-state index >= 15 is 0 Å². The minimum absolute atomic E-state index is 0.0361. The van der Waals surface area contributed by atoms with Crippen LogP contribution < -0.4 is 10.2 Å². The van der Waals surface area contributed by atoms with Crippen LogP contribution in [0, 0.1) is 0 Å². The first-order valence-electron chi connectivity index (χ1n) is 7.16. The van der Waals surface area contributed by atoms with Gasteiger partial charge in [-0.2, -0.15) is 0 Å². The van der Waals surface area contributed by atoms with Gasteiger partial charge in [0.2, 0.25) is 0 Å². The van der Waals surface area contributed by atoms with Crippen LogP contribution in [0.1, 0.15) is 13.8 Å². The van der Waals surface area contributed by atoms with E-state index < -0.39 is 11.9 Å². The molecule has 7 heteroatoms. The molecule has 126 valence electrons. The molecule has 23 heavy (non-hydrogen) atoms. The van der Waals surface area contributed by atoms with Crippen LogP contribution in [-0.4, -0.2) is 39.2 Å². The van der Waals surface area contributed by atoms with Crippen LogP contribution in [0.3, 0.4) is 0 Å². The number of methoxy groups -OCH3 is 2. The highest BCUT2D eigenvalue weighted by Gasteiger charge is 2.14. The molecule has 0 spiro atoms. The number of hydrogen-bond donors (Lipinski definition) is 1. The molecular formula is C16H21ClN2O4. The third kappa shape index (κ3) is 5.17. The lowest BCUT2D eigenvalue weighted by Gasteiger charge is -2.22. The van der Waals surface area contributed by atoms with E-state index in [4.69, 9.17) is 11.6 Å². The molecule has 0 aromatic heterocycles. The molecule has 0 bridgehead atoms. The number of nitrogens with one attached hydrogen (secondary N) is 1. The molecule has 1 rings (SSSR count). The van der Waals surface area contributed by atoms with Crippen LogP contribution in [0.2, 0.25) is 5.02 Å². The molecule has 1 aromatic carbocycles. The normalized spacial score (nSPS) is 10.9. The largest absolute Gasteiger partial charge is 0.466 e. The topological polar surface area (TPSA) is 67.9 Å². The molecule has 1 aromatic rings. The van der Waals surface area contributed by atoms with Crippen molar-refractivity contribution in [1.29, 1.82) is 0 Å². The van der Waals surface area contributed by atoms with E-state index in [1.54, 1.807) is 12.1 Å². The fourth-order valence-corrected chi connectivity index (χ4v) is 2.29. The van der Waals surface area contributed by atoms with Gasteiger partial charge in [-0.15, -0.1) is 0 Å². The van der Waals surface area contributed by atoms with E-state index in [9.17, 15) is 9.59 Å². The number of carbonyl (C=O) groups is 2. The van der Waals surface area contributed by atoms with Gasteiger partial charge in [0.05, 0.1) is 31.0 Å². The molecule has 0 unspecified atom stereocenters. The average molecular weight is 341 g/mol. The van der Waals surface area contributed by atoms with Crippen LogP contribution in [-0.2, 0) is 19.1 Å². The molecule has 1 N–H and O–H groups in total. The van der Waals surface area contributed by atoms with Gasteiger partial charge in [-0.3, -0.25) is 0 Å². The summed E-state index contributed by atoms with van der Waals surface area (Å²) in [5.41, 5.74) is 1.43. The lowest BCUT2D eigenvalue weighted by molar-refractivity contribution is -0.138. The van der Waals surface area contributed by atoms with Crippen molar-refractivity contribution in [2.45, 2.75) is 13.8 Å². The molecule has 0 saturated heterocycles. The molecule has 6 nitrogen and oxygen atoms in total. The monoisotopic (exact) mass is 340 g/mol. The maximum atomic E-state index is 11.7. The minimum atomic E-state index is -0.681. The van der Waals surface area contributed by atoms with Gasteiger partial charge in [-0.05, 0) is 32.0 Å². The number of halogens is 1. The second-order valence-corrected chi connectivity index (χ2v) is 4.94. The number of ether oxygens (including phenoxy) is 2. The average Bonchev–Trinajstić information content (AvgIpc) is 2.56. The van der Waals surface area contributed by atoms with Gasteiger partial charge >= 0.3 is 11.9 Å². The Bertz CT molecular complexity index is 598. The van der Waals surface area contributed by atoms with E-state index in [1.807, 2.05) is 19.9 Å². The number of rotatable bonds is 7.